The van der Waals surface area contributed by atoms with Gasteiger partial charge in [0.15, 0.2) is 0 Å². The quantitative estimate of drug-likeness (QED) is 0.480. The Morgan fingerprint density at radius 2 is 1.65 bits per heavy atom. The SMILES string of the molecule is FC(F)(F)CC1CCc2c(ccc3c2ccc2ccccc23)C1. The fraction of sp³-hybridized carbons (Fsp3) is 0.300. The highest BCUT2D eigenvalue weighted by molar-refractivity contribution is 6.08. The Morgan fingerprint density at radius 3 is 2.48 bits per heavy atom. The van der Waals surface area contributed by atoms with E-state index in [0.29, 0.717) is 12.8 Å². The molecule has 3 heteroatoms. The van der Waals surface area contributed by atoms with Crippen molar-refractivity contribution in [3.8, 4) is 0 Å². The summed E-state index contributed by atoms with van der Waals surface area (Å²) in [6, 6.07) is 16.6. The molecule has 0 N–H and O–H groups in total. The van der Waals surface area contributed by atoms with Crippen LogP contribution in [0.4, 0.5) is 13.2 Å². The summed E-state index contributed by atoms with van der Waals surface area (Å²) in [5, 5.41) is 4.82. The van der Waals surface area contributed by atoms with E-state index in [9.17, 15) is 13.2 Å². The lowest BCUT2D eigenvalue weighted by molar-refractivity contribution is -0.145. The molecule has 4 rings (SSSR count). The number of halogens is 3. The summed E-state index contributed by atoms with van der Waals surface area (Å²) in [6.07, 6.45) is -2.82. The molecule has 1 aliphatic rings. The lowest BCUT2D eigenvalue weighted by Gasteiger charge is -2.26. The summed E-state index contributed by atoms with van der Waals surface area (Å²) in [4.78, 5) is 0. The summed E-state index contributed by atoms with van der Waals surface area (Å²) in [6.45, 7) is 0. The van der Waals surface area contributed by atoms with Crippen LogP contribution in [0, 0.1) is 5.92 Å². The van der Waals surface area contributed by atoms with Crippen molar-refractivity contribution in [1.82, 2.24) is 0 Å². The van der Waals surface area contributed by atoms with Gasteiger partial charge in [-0.2, -0.15) is 13.2 Å². The topological polar surface area (TPSA) is 0 Å². The number of aryl methyl sites for hydroxylation is 1. The molecule has 0 spiro atoms. The molecule has 0 nitrogen and oxygen atoms in total. The molecule has 0 amide bonds. The Hall–Kier alpha value is -2.03. The minimum absolute atomic E-state index is 0.277. The van der Waals surface area contributed by atoms with Crippen LogP contribution in [-0.2, 0) is 12.8 Å². The lowest BCUT2D eigenvalue weighted by atomic mass is 9.79. The van der Waals surface area contributed by atoms with Gasteiger partial charge in [-0.1, -0.05) is 48.5 Å². The van der Waals surface area contributed by atoms with Crippen LogP contribution >= 0.6 is 0 Å². The van der Waals surface area contributed by atoms with Crippen molar-refractivity contribution in [2.75, 3.05) is 0 Å². The first-order valence-corrected chi connectivity index (χ1v) is 8.00. The van der Waals surface area contributed by atoms with Crippen molar-refractivity contribution < 1.29 is 13.2 Å². The van der Waals surface area contributed by atoms with Gasteiger partial charge in [-0.05, 0) is 57.9 Å². The van der Waals surface area contributed by atoms with Crippen LogP contribution in [0.15, 0.2) is 48.5 Å². The van der Waals surface area contributed by atoms with Crippen LogP contribution in [0.25, 0.3) is 21.5 Å². The number of alkyl halides is 3. The van der Waals surface area contributed by atoms with Gasteiger partial charge in [0.2, 0.25) is 0 Å². The van der Waals surface area contributed by atoms with Gasteiger partial charge in [-0.3, -0.25) is 0 Å². The van der Waals surface area contributed by atoms with E-state index in [1.165, 1.54) is 27.1 Å². The van der Waals surface area contributed by atoms with Crippen molar-refractivity contribution in [3.63, 3.8) is 0 Å². The Morgan fingerprint density at radius 1 is 0.870 bits per heavy atom. The standard InChI is InChI=1S/C20H17F3/c21-20(22,23)12-13-5-8-17-15(11-13)7-10-18-16-4-2-1-3-14(16)6-9-19(17)18/h1-4,6-7,9-10,13H,5,8,11-12H2. The molecule has 0 bridgehead atoms. The molecule has 1 atom stereocenters. The van der Waals surface area contributed by atoms with E-state index in [2.05, 4.69) is 30.3 Å². The second-order valence-electron chi connectivity index (χ2n) is 6.51. The number of hydrogen-bond acceptors (Lipinski definition) is 0. The summed E-state index contributed by atoms with van der Waals surface area (Å²) in [7, 11) is 0. The van der Waals surface area contributed by atoms with E-state index in [4.69, 9.17) is 0 Å². The number of benzene rings is 3. The van der Waals surface area contributed by atoms with Gasteiger partial charge in [0.1, 0.15) is 0 Å². The summed E-state index contributed by atoms with van der Waals surface area (Å²) in [5.74, 6) is -0.277. The Balaban J connectivity index is 1.79. The van der Waals surface area contributed by atoms with Gasteiger partial charge in [-0.25, -0.2) is 0 Å². The zero-order chi connectivity index (χ0) is 16.0. The summed E-state index contributed by atoms with van der Waals surface area (Å²) >= 11 is 0. The fourth-order valence-electron chi connectivity index (χ4n) is 3.95. The van der Waals surface area contributed by atoms with E-state index in [0.717, 1.165) is 12.0 Å². The van der Waals surface area contributed by atoms with Gasteiger partial charge in [0.25, 0.3) is 0 Å². The van der Waals surface area contributed by atoms with E-state index in [-0.39, 0.29) is 5.92 Å². The zero-order valence-electron chi connectivity index (χ0n) is 12.7. The third-order valence-electron chi connectivity index (χ3n) is 4.97. The Bertz CT molecular complexity index is 877. The normalized spacial score (nSPS) is 18.3. The van der Waals surface area contributed by atoms with Gasteiger partial charge >= 0.3 is 6.18 Å². The third-order valence-corrected chi connectivity index (χ3v) is 4.97. The molecule has 1 unspecified atom stereocenters. The van der Waals surface area contributed by atoms with Gasteiger partial charge < -0.3 is 0 Å². The molecule has 0 aliphatic heterocycles. The first-order valence-electron chi connectivity index (χ1n) is 8.00. The molecule has 3 aromatic carbocycles. The maximum Gasteiger partial charge on any atom is 0.389 e. The van der Waals surface area contributed by atoms with Gasteiger partial charge in [0.05, 0.1) is 0 Å². The molecular formula is C20H17F3. The van der Waals surface area contributed by atoms with Crippen LogP contribution in [0.5, 0.6) is 0 Å². The second-order valence-corrected chi connectivity index (χ2v) is 6.51. The maximum absolute atomic E-state index is 12.6. The third kappa shape index (κ3) is 2.69. The van der Waals surface area contributed by atoms with Crippen molar-refractivity contribution in [2.45, 2.75) is 31.9 Å². The molecule has 3 aromatic rings. The van der Waals surface area contributed by atoms with Crippen LogP contribution in [0.1, 0.15) is 24.0 Å². The molecule has 118 valence electrons. The van der Waals surface area contributed by atoms with Crippen molar-refractivity contribution in [1.29, 1.82) is 0 Å². The second kappa shape index (κ2) is 5.26. The highest BCUT2D eigenvalue weighted by Gasteiger charge is 2.33. The minimum atomic E-state index is -4.06. The molecule has 0 saturated heterocycles. The Kier molecular flexibility index (Phi) is 3.33. The fourth-order valence-corrected chi connectivity index (χ4v) is 3.95. The van der Waals surface area contributed by atoms with Crippen LogP contribution in [0.2, 0.25) is 0 Å². The molecular weight excluding hydrogens is 297 g/mol. The highest BCUT2D eigenvalue weighted by atomic mass is 19.4. The molecule has 0 heterocycles. The summed E-state index contributed by atoms with van der Waals surface area (Å²) < 4.78 is 37.9. The van der Waals surface area contributed by atoms with E-state index in [1.54, 1.807) is 0 Å². The van der Waals surface area contributed by atoms with E-state index < -0.39 is 12.6 Å². The number of rotatable bonds is 1. The van der Waals surface area contributed by atoms with Crippen LogP contribution in [0.3, 0.4) is 0 Å². The van der Waals surface area contributed by atoms with Crippen LogP contribution < -0.4 is 0 Å². The number of hydrogen-bond donors (Lipinski definition) is 0. The van der Waals surface area contributed by atoms with Gasteiger partial charge in [-0.15, -0.1) is 0 Å². The molecule has 0 fully saturated rings. The predicted molar refractivity (Wildman–Crippen MR) is 87.6 cm³/mol. The molecule has 0 aromatic heterocycles. The smallest absolute Gasteiger partial charge is 0.171 e. The molecule has 1 aliphatic carbocycles. The van der Waals surface area contributed by atoms with Gasteiger partial charge in [0, 0.05) is 6.42 Å². The van der Waals surface area contributed by atoms with Crippen molar-refractivity contribution >= 4 is 21.5 Å². The average molecular weight is 314 g/mol. The van der Waals surface area contributed by atoms with E-state index >= 15 is 0 Å². The molecule has 0 radical (unpaired) electrons. The Labute approximate surface area is 132 Å². The first-order chi connectivity index (χ1) is 11.0. The van der Waals surface area contributed by atoms with Crippen LogP contribution in [-0.4, -0.2) is 6.18 Å². The zero-order valence-corrected chi connectivity index (χ0v) is 12.7. The lowest BCUT2D eigenvalue weighted by Crippen LogP contribution is -2.21. The molecule has 0 saturated carbocycles. The van der Waals surface area contributed by atoms with Crippen molar-refractivity contribution in [2.24, 2.45) is 5.92 Å². The molecule has 23 heavy (non-hydrogen) atoms. The monoisotopic (exact) mass is 314 g/mol. The van der Waals surface area contributed by atoms with Crippen molar-refractivity contribution in [3.05, 3.63) is 59.7 Å². The minimum Gasteiger partial charge on any atom is -0.171 e. The largest absolute Gasteiger partial charge is 0.389 e. The summed E-state index contributed by atoms with van der Waals surface area (Å²) in [5.41, 5.74) is 2.33. The number of fused-ring (bicyclic) bond motifs is 5. The first kappa shape index (κ1) is 14.6. The highest BCUT2D eigenvalue weighted by Crippen LogP contribution is 2.38. The predicted octanol–water partition coefficient (Wildman–Crippen LogP) is 6.05. The van der Waals surface area contributed by atoms with E-state index in [1.807, 2.05) is 18.2 Å². The average Bonchev–Trinajstić information content (AvgIpc) is 2.52. The maximum atomic E-state index is 12.6.